The second kappa shape index (κ2) is 9.58. The van der Waals surface area contributed by atoms with Crippen molar-refractivity contribution in [3.63, 3.8) is 0 Å². The normalized spacial score (nSPS) is 29.4. The van der Waals surface area contributed by atoms with Gasteiger partial charge in [0.15, 0.2) is 0 Å². The molecule has 2 aliphatic carbocycles. The molecule has 144 valence electrons. The summed E-state index contributed by atoms with van der Waals surface area (Å²) in [5.41, 5.74) is 1.68. The second-order valence-corrected chi connectivity index (χ2v) is 8.89. The van der Waals surface area contributed by atoms with Crippen molar-refractivity contribution in [2.45, 2.75) is 84.0 Å². The minimum absolute atomic E-state index is 0.392. The average Bonchev–Trinajstić information content (AvgIpc) is 2.68. The van der Waals surface area contributed by atoms with Gasteiger partial charge in [-0.25, -0.2) is 4.79 Å². The van der Waals surface area contributed by atoms with Gasteiger partial charge in [0.1, 0.15) is 0 Å². The van der Waals surface area contributed by atoms with Crippen LogP contribution >= 0.6 is 0 Å². The molecule has 0 heterocycles. The third-order valence-electron chi connectivity index (χ3n) is 7.19. The van der Waals surface area contributed by atoms with Gasteiger partial charge < -0.3 is 5.11 Å². The molecule has 1 aromatic rings. The zero-order chi connectivity index (χ0) is 18.4. The van der Waals surface area contributed by atoms with Gasteiger partial charge in [0.25, 0.3) is 0 Å². The number of carboxylic acids is 1. The van der Waals surface area contributed by atoms with Gasteiger partial charge in [0.2, 0.25) is 0 Å². The van der Waals surface area contributed by atoms with E-state index < -0.39 is 5.97 Å². The van der Waals surface area contributed by atoms with Crippen molar-refractivity contribution in [3.05, 3.63) is 35.4 Å². The number of benzene rings is 1. The van der Waals surface area contributed by atoms with Crippen LogP contribution in [0.3, 0.4) is 0 Å². The van der Waals surface area contributed by atoms with Gasteiger partial charge in [-0.1, -0.05) is 57.6 Å². The summed E-state index contributed by atoms with van der Waals surface area (Å²) in [7, 11) is 0. The fourth-order valence-corrected chi connectivity index (χ4v) is 5.49. The smallest absolute Gasteiger partial charge is 0.335 e. The third-order valence-corrected chi connectivity index (χ3v) is 7.19. The maximum absolute atomic E-state index is 10.9. The Bertz CT molecular complexity index is 546. The molecule has 0 radical (unpaired) electrons. The lowest BCUT2D eigenvalue weighted by Crippen LogP contribution is -2.26. The molecule has 0 saturated heterocycles. The molecule has 2 nitrogen and oxygen atoms in total. The van der Waals surface area contributed by atoms with Crippen LogP contribution in [0.25, 0.3) is 0 Å². The predicted molar refractivity (Wildman–Crippen MR) is 108 cm³/mol. The minimum atomic E-state index is -0.835. The molecule has 26 heavy (non-hydrogen) atoms. The van der Waals surface area contributed by atoms with Crippen molar-refractivity contribution in [3.8, 4) is 0 Å². The Morgan fingerprint density at radius 3 is 1.81 bits per heavy atom. The van der Waals surface area contributed by atoms with Gasteiger partial charge in [0.05, 0.1) is 5.56 Å². The van der Waals surface area contributed by atoms with Crippen molar-refractivity contribution in [1.82, 2.24) is 0 Å². The Hall–Kier alpha value is -1.31. The molecule has 0 unspecified atom stereocenters. The maximum Gasteiger partial charge on any atom is 0.335 e. The van der Waals surface area contributed by atoms with E-state index in [0.29, 0.717) is 5.56 Å². The molecule has 0 spiro atoms. The highest BCUT2D eigenvalue weighted by atomic mass is 16.4. The third kappa shape index (κ3) is 5.34. The zero-order valence-electron chi connectivity index (χ0n) is 16.5. The molecule has 0 bridgehead atoms. The quantitative estimate of drug-likeness (QED) is 0.588. The van der Waals surface area contributed by atoms with Crippen LogP contribution in [-0.4, -0.2) is 11.1 Å². The maximum atomic E-state index is 10.9. The van der Waals surface area contributed by atoms with Crippen LogP contribution in [0.2, 0.25) is 0 Å². The lowest BCUT2D eigenvalue weighted by Gasteiger charge is -2.38. The van der Waals surface area contributed by atoms with Crippen LogP contribution in [0.4, 0.5) is 0 Å². The van der Waals surface area contributed by atoms with E-state index in [4.69, 9.17) is 5.11 Å². The molecular weight excluding hydrogens is 320 g/mol. The lowest BCUT2D eigenvalue weighted by atomic mass is 9.68. The standard InChI is InChI=1S/C24H36O2/c1-2-3-18-6-12-21(13-7-18)22-14-8-19(9-15-22)4-5-20-10-16-23(17-11-20)24(25)26/h10-11,16-19,21-22H,2-9,12-15H2,1H3,(H,25,26). The summed E-state index contributed by atoms with van der Waals surface area (Å²) in [6, 6.07) is 7.46. The molecule has 2 fully saturated rings. The molecular formula is C24H36O2. The molecule has 3 rings (SSSR count). The minimum Gasteiger partial charge on any atom is -0.478 e. The number of hydrogen-bond acceptors (Lipinski definition) is 1. The number of hydrogen-bond donors (Lipinski definition) is 1. The Kier molecular flexibility index (Phi) is 7.16. The van der Waals surface area contributed by atoms with E-state index in [0.717, 1.165) is 30.1 Å². The van der Waals surface area contributed by atoms with E-state index in [1.54, 1.807) is 12.1 Å². The van der Waals surface area contributed by atoms with Crippen molar-refractivity contribution in [2.75, 3.05) is 0 Å². The van der Waals surface area contributed by atoms with Gasteiger partial charge in [-0.15, -0.1) is 0 Å². The monoisotopic (exact) mass is 356 g/mol. The summed E-state index contributed by atoms with van der Waals surface area (Å²) in [5.74, 6) is 3.09. The fourth-order valence-electron chi connectivity index (χ4n) is 5.49. The molecule has 0 aromatic heterocycles. The Labute approximate surface area is 159 Å². The Morgan fingerprint density at radius 2 is 1.35 bits per heavy atom. The second-order valence-electron chi connectivity index (χ2n) is 8.89. The van der Waals surface area contributed by atoms with Gasteiger partial charge in [-0.2, -0.15) is 0 Å². The number of carbonyl (C=O) groups is 1. The highest BCUT2D eigenvalue weighted by Crippen LogP contribution is 2.42. The van der Waals surface area contributed by atoms with E-state index in [9.17, 15) is 4.79 Å². The summed E-state index contributed by atoms with van der Waals surface area (Å²) in [6.07, 6.45) is 16.9. The van der Waals surface area contributed by atoms with Gasteiger partial charge in [0, 0.05) is 0 Å². The van der Waals surface area contributed by atoms with Crippen molar-refractivity contribution < 1.29 is 9.90 Å². The van der Waals surface area contributed by atoms with E-state index in [1.165, 1.54) is 76.2 Å². The highest BCUT2D eigenvalue weighted by molar-refractivity contribution is 5.87. The summed E-state index contributed by atoms with van der Waals surface area (Å²) in [6.45, 7) is 2.33. The predicted octanol–water partition coefficient (Wildman–Crippen LogP) is 6.73. The van der Waals surface area contributed by atoms with Crippen molar-refractivity contribution in [2.24, 2.45) is 23.7 Å². The van der Waals surface area contributed by atoms with E-state index >= 15 is 0 Å². The molecule has 2 aliphatic rings. The first kappa shape index (κ1) is 19.5. The average molecular weight is 357 g/mol. The summed E-state index contributed by atoms with van der Waals surface area (Å²) in [5, 5.41) is 8.98. The van der Waals surface area contributed by atoms with E-state index in [-0.39, 0.29) is 0 Å². The first-order chi connectivity index (χ1) is 12.7. The summed E-state index contributed by atoms with van der Waals surface area (Å²) >= 11 is 0. The molecule has 1 aromatic carbocycles. The number of aryl methyl sites for hydroxylation is 1. The molecule has 2 saturated carbocycles. The van der Waals surface area contributed by atoms with Crippen molar-refractivity contribution >= 4 is 5.97 Å². The highest BCUT2D eigenvalue weighted by Gasteiger charge is 2.30. The van der Waals surface area contributed by atoms with Crippen LogP contribution in [0.1, 0.15) is 93.5 Å². The van der Waals surface area contributed by atoms with Crippen LogP contribution in [-0.2, 0) is 6.42 Å². The number of carboxylic acid groups (broad SMARTS) is 1. The molecule has 1 N–H and O–H groups in total. The lowest BCUT2D eigenvalue weighted by molar-refractivity contribution is 0.0697. The van der Waals surface area contributed by atoms with Crippen LogP contribution in [0.5, 0.6) is 0 Å². The van der Waals surface area contributed by atoms with Gasteiger partial charge in [-0.3, -0.25) is 0 Å². The fraction of sp³-hybridized carbons (Fsp3) is 0.708. The summed E-state index contributed by atoms with van der Waals surface area (Å²) < 4.78 is 0. The van der Waals surface area contributed by atoms with Gasteiger partial charge >= 0.3 is 5.97 Å². The Balaban J connectivity index is 1.37. The molecule has 0 atom stereocenters. The number of rotatable bonds is 7. The zero-order valence-corrected chi connectivity index (χ0v) is 16.5. The summed E-state index contributed by atoms with van der Waals surface area (Å²) in [4.78, 5) is 10.9. The molecule has 2 heteroatoms. The largest absolute Gasteiger partial charge is 0.478 e. The van der Waals surface area contributed by atoms with E-state index in [1.807, 2.05) is 12.1 Å². The molecule has 0 amide bonds. The Morgan fingerprint density at radius 1 is 0.846 bits per heavy atom. The SMILES string of the molecule is CCCC1CCC(C2CCC(CCc3ccc(C(=O)O)cc3)CC2)CC1. The van der Waals surface area contributed by atoms with Crippen LogP contribution < -0.4 is 0 Å². The number of aromatic carboxylic acids is 1. The van der Waals surface area contributed by atoms with Crippen molar-refractivity contribution in [1.29, 1.82) is 0 Å². The van der Waals surface area contributed by atoms with Crippen LogP contribution in [0, 0.1) is 23.7 Å². The van der Waals surface area contributed by atoms with Gasteiger partial charge in [-0.05, 0) is 79.9 Å². The van der Waals surface area contributed by atoms with E-state index in [2.05, 4.69) is 6.92 Å². The first-order valence-corrected chi connectivity index (χ1v) is 11.0. The topological polar surface area (TPSA) is 37.3 Å². The first-order valence-electron chi connectivity index (χ1n) is 11.0. The molecule has 0 aliphatic heterocycles. The van der Waals surface area contributed by atoms with Crippen LogP contribution in [0.15, 0.2) is 24.3 Å².